The number of nitrogens with one attached hydrogen (secondary N) is 1. The number of hydrogen-bond donors (Lipinski definition) is 1. The van der Waals surface area contributed by atoms with Crippen LogP contribution in [-0.2, 0) is 11.3 Å². The van der Waals surface area contributed by atoms with Crippen LogP contribution in [0.4, 0.5) is 18.0 Å². The highest BCUT2D eigenvalue weighted by Gasteiger charge is 2.19. The van der Waals surface area contributed by atoms with E-state index in [1.165, 1.54) is 18.3 Å². The van der Waals surface area contributed by atoms with Crippen LogP contribution in [0.5, 0.6) is 0 Å². The summed E-state index contributed by atoms with van der Waals surface area (Å²) in [5.41, 5.74) is 1.32. The fraction of sp³-hybridized carbons (Fsp3) is 0.300. The van der Waals surface area contributed by atoms with Crippen molar-refractivity contribution in [3.8, 4) is 22.6 Å². The Hall–Kier alpha value is -3.43. The Bertz CT molecular complexity index is 1030. The van der Waals surface area contributed by atoms with Gasteiger partial charge in [0.2, 0.25) is 0 Å². The van der Waals surface area contributed by atoms with E-state index in [0.717, 1.165) is 6.33 Å². The van der Waals surface area contributed by atoms with E-state index in [4.69, 9.17) is 4.74 Å². The fourth-order valence-electron chi connectivity index (χ4n) is 2.59. The smallest absolute Gasteiger partial charge is 0.407 e. The number of carbonyl (C=O) groups is 1. The molecule has 0 fully saturated rings. The Labute approximate surface area is 170 Å². The zero-order chi connectivity index (χ0) is 21.9. The van der Waals surface area contributed by atoms with Gasteiger partial charge in [-0.1, -0.05) is 0 Å². The van der Waals surface area contributed by atoms with Gasteiger partial charge in [0, 0.05) is 29.4 Å². The molecule has 1 aromatic carbocycles. The molecule has 0 saturated heterocycles. The molecule has 0 saturated carbocycles. The average Bonchev–Trinajstić information content (AvgIpc) is 3.16. The summed E-state index contributed by atoms with van der Waals surface area (Å²) in [6.45, 7) is 2.38. The largest absolute Gasteiger partial charge is 0.444 e. The molecule has 2 heterocycles. The number of alkyl carbamates (subject to hydrolysis) is 1. The molecule has 0 aliphatic rings. The van der Waals surface area contributed by atoms with Crippen LogP contribution in [0.15, 0.2) is 42.9 Å². The molecule has 158 valence electrons. The van der Waals surface area contributed by atoms with Gasteiger partial charge in [-0.15, -0.1) is 5.10 Å². The van der Waals surface area contributed by atoms with Crippen LogP contribution in [-0.4, -0.2) is 31.4 Å². The van der Waals surface area contributed by atoms with Crippen molar-refractivity contribution in [3.05, 3.63) is 54.2 Å². The summed E-state index contributed by atoms with van der Waals surface area (Å²) in [6.07, 6.45) is 1.76. The molecule has 2 aromatic heterocycles. The quantitative estimate of drug-likeness (QED) is 0.655. The van der Waals surface area contributed by atoms with Crippen molar-refractivity contribution in [2.45, 2.75) is 39.5 Å². The molecule has 0 aliphatic heterocycles. The van der Waals surface area contributed by atoms with Gasteiger partial charge in [0.15, 0.2) is 5.82 Å². The van der Waals surface area contributed by atoms with Crippen molar-refractivity contribution in [2.24, 2.45) is 0 Å². The molecule has 3 rings (SSSR count). The number of alkyl halides is 2. The standard InChI is InChI=1S/C20H20F3N5O2/c1-20(2,3)30-19(29)25-10-13-9-24-16(12-4-6-14(21)7-5-12)8-15(13)17-26-11-28(27-17)18(22)23/h4-9,11,18H,10H2,1-3H3,(H,25,29). The van der Waals surface area contributed by atoms with Gasteiger partial charge < -0.3 is 10.1 Å². The predicted molar refractivity (Wildman–Crippen MR) is 103 cm³/mol. The highest BCUT2D eigenvalue weighted by atomic mass is 19.3. The van der Waals surface area contributed by atoms with E-state index in [0.29, 0.717) is 27.1 Å². The van der Waals surface area contributed by atoms with E-state index < -0.39 is 24.1 Å². The number of carbonyl (C=O) groups excluding carboxylic acids is 1. The molecule has 1 amide bonds. The molecule has 10 heteroatoms. The van der Waals surface area contributed by atoms with Gasteiger partial charge in [-0.3, -0.25) is 4.98 Å². The van der Waals surface area contributed by atoms with Gasteiger partial charge in [-0.05, 0) is 51.1 Å². The first kappa shape index (κ1) is 21.3. The van der Waals surface area contributed by atoms with Crippen LogP contribution in [0.3, 0.4) is 0 Å². The van der Waals surface area contributed by atoms with Crippen molar-refractivity contribution < 1.29 is 22.7 Å². The Morgan fingerprint density at radius 3 is 2.50 bits per heavy atom. The first-order chi connectivity index (χ1) is 14.1. The molecule has 0 atom stereocenters. The fourth-order valence-corrected chi connectivity index (χ4v) is 2.59. The second kappa shape index (κ2) is 8.52. The van der Waals surface area contributed by atoms with Crippen LogP contribution in [0.25, 0.3) is 22.6 Å². The number of amides is 1. The maximum absolute atomic E-state index is 13.2. The van der Waals surface area contributed by atoms with Gasteiger partial charge in [0.25, 0.3) is 0 Å². The SMILES string of the molecule is CC(C)(C)OC(=O)NCc1cnc(-c2ccc(F)cc2)cc1-c1ncn(C(F)F)n1. The maximum atomic E-state index is 13.2. The summed E-state index contributed by atoms with van der Waals surface area (Å²) in [7, 11) is 0. The maximum Gasteiger partial charge on any atom is 0.407 e. The van der Waals surface area contributed by atoms with Gasteiger partial charge >= 0.3 is 12.6 Å². The number of ether oxygens (including phenoxy) is 1. The summed E-state index contributed by atoms with van der Waals surface area (Å²) < 4.78 is 44.7. The third-order valence-electron chi connectivity index (χ3n) is 3.90. The molecule has 0 unspecified atom stereocenters. The first-order valence-electron chi connectivity index (χ1n) is 9.04. The lowest BCUT2D eigenvalue weighted by Gasteiger charge is -2.20. The van der Waals surface area contributed by atoms with E-state index in [2.05, 4.69) is 20.4 Å². The molecular weight excluding hydrogens is 399 g/mol. The third-order valence-corrected chi connectivity index (χ3v) is 3.90. The third kappa shape index (κ3) is 5.34. The van der Waals surface area contributed by atoms with Gasteiger partial charge in [-0.2, -0.15) is 13.5 Å². The monoisotopic (exact) mass is 419 g/mol. The van der Waals surface area contributed by atoms with Crippen LogP contribution >= 0.6 is 0 Å². The van der Waals surface area contributed by atoms with Crippen molar-refractivity contribution >= 4 is 6.09 Å². The van der Waals surface area contributed by atoms with E-state index in [-0.39, 0.29) is 12.4 Å². The molecule has 3 aromatic rings. The van der Waals surface area contributed by atoms with Crippen LogP contribution in [0.2, 0.25) is 0 Å². The van der Waals surface area contributed by atoms with E-state index >= 15 is 0 Å². The highest BCUT2D eigenvalue weighted by Crippen LogP contribution is 2.27. The van der Waals surface area contributed by atoms with E-state index in [9.17, 15) is 18.0 Å². The van der Waals surface area contributed by atoms with Crippen molar-refractivity contribution in [1.82, 2.24) is 25.1 Å². The lowest BCUT2D eigenvalue weighted by atomic mass is 10.0. The average molecular weight is 419 g/mol. The lowest BCUT2D eigenvalue weighted by Crippen LogP contribution is -2.32. The number of benzene rings is 1. The molecule has 0 bridgehead atoms. The van der Waals surface area contributed by atoms with Crippen molar-refractivity contribution in [3.63, 3.8) is 0 Å². The summed E-state index contributed by atoms with van der Waals surface area (Å²) in [5, 5.41) is 6.40. The molecule has 0 aliphatic carbocycles. The van der Waals surface area contributed by atoms with Gasteiger partial charge in [0.1, 0.15) is 17.7 Å². The summed E-state index contributed by atoms with van der Waals surface area (Å²) >= 11 is 0. The van der Waals surface area contributed by atoms with Crippen LogP contribution in [0.1, 0.15) is 32.9 Å². The summed E-state index contributed by atoms with van der Waals surface area (Å²) in [4.78, 5) is 20.2. The molecular formula is C20H20F3N5O2. The predicted octanol–water partition coefficient (Wildman–Crippen LogP) is 4.57. The minimum absolute atomic E-state index is 0.0180. The second-order valence-corrected chi connectivity index (χ2v) is 7.41. The number of aromatic nitrogens is 4. The van der Waals surface area contributed by atoms with Gasteiger partial charge in [-0.25, -0.2) is 14.2 Å². The second-order valence-electron chi connectivity index (χ2n) is 7.41. The number of hydrogen-bond acceptors (Lipinski definition) is 5. The Balaban J connectivity index is 1.94. The normalized spacial score (nSPS) is 11.6. The molecule has 30 heavy (non-hydrogen) atoms. The number of halogens is 3. The zero-order valence-corrected chi connectivity index (χ0v) is 16.6. The van der Waals surface area contributed by atoms with Crippen LogP contribution < -0.4 is 5.32 Å². The van der Waals surface area contributed by atoms with Crippen LogP contribution in [0, 0.1) is 5.82 Å². The Morgan fingerprint density at radius 2 is 1.90 bits per heavy atom. The van der Waals surface area contributed by atoms with Gasteiger partial charge in [0.05, 0.1) is 5.69 Å². The van der Waals surface area contributed by atoms with Crippen molar-refractivity contribution in [2.75, 3.05) is 0 Å². The highest BCUT2D eigenvalue weighted by molar-refractivity contribution is 5.71. The number of nitrogens with zero attached hydrogens (tertiary/aromatic N) is 4. The molecule has 0 radical (unpaired) electrons. The number of pyridine rings is 1. The topological polar surface area (TPSA) is 81.9 Å². The molecule has 7 nitrogen and oxygen atoms in total. The minimum atomic E-state index is -2.84. The lowest BCUT2D eigenvalue weighted by molar-refractivity contribution is 0.0523. The Kier molecular flexibility index (Phi) is 6.04. The first-order valence-corrected chi connectivity index (χ1v) is 9.04. The number of rotatable bonds is 5. The Morgan fingerprint density at radius 1 is 1.20 bits per heavy atom. The summed E-state index contributed by atoms with van der Waals surface area (Å²) in [5.74, 6) is -0.350. The van der Waals surface area contributed by atoms with E-state index in [1.54, 1.807) is 39.0 Å². The van der Waals surface area contributed by atoms with E-state index in [1.807, 2.05) is 0 Å². The molecule has 0 spiro atoms. The van der Waals surface area contributed by atoms with Crippen molar-refractivity contribution in [1.29, 1.82) is 0 Å². The zero-order valence-electron chi connectivity index (χ0n) is 16.6. The summed E-state index contributed by atoms with van der Waals surface area (Å²) in [6, 6.07) is 7.28. The molecule has 1 N–H and O–H groups in total. The minimum Gasteiger partial charge on any atom is -0.444 e.